The standard InChI is InChI=1S/C17H18N2O2/c18-13-15(17(21)19-11-5-2-6-12-19)16(20)10-9-14-7-3-1-4-8-14/h1,3-4,7-10,15H,2,5-6,11-12H2/b10-9+/t15-/m0/s1. The molecule has 0 spiro atoms. The molecular formula is C17H18N2O2. The molecular weight excluding hydrogens is 264 g/mol. The number of ketones is 1. The highest BCUT2D eigenvalue weighted by molar-refractivity contribution is 6.10. The summed E-state index contributed by atoms with van der Waals surface area (Å²) in [5, 5.41) is 9.14. The minimum atomic E-state index is -1.22. The van der Waals surface area contributed by atoms with Crippen LogP contribution in [-0.4, -0.2) is 29.7 Å². The molecule has 0 radical (unpaired) electrons. The van der Waals surface area contributed by atoms with Crippen molar-refractivity contribution in [2.24, 2.45) is 5.92 Å². The Kier molecular flexibility index (Phi) is 5.28. The minimum Gasteiger partial charge on any atom is -0.341 e. The molecule has 4 nitrogen and oxygen atoms in total. The van der Waals surface area contributed by atoms with E-state index < -0.39 is 11.7 Å². The molecule has 0 bridgehead atoms. The van der Waals surface area contributed by atoms with Gasteiger partial charge in [-0.1, -0.05) is 36.4 Å². The second-order valence-electron chi connectivity index (χ2n) is 5.09. The molecule has 108 valence electrons. The molecule has 1 heterocycles. The van der Waals surface area contributed by atoms with Crippen LogP contribution >= 0.6 is 0 Å². The highest BCUT2D eigenvalue weighted by atomic mass is 16.2. The number of hydrogen-bond acceptors (Lipinski definition) is 3. The molecule has 1 aromatic carbocycles. The number of allylic oxidation sites excluding steroid dienone is 1. The zero-order chi connectivity index (χ0) is 15.1. The quantitative estimate of drug-likeness (QED) is 0.629. The molecule has 0 unspecified atom stereocenters. The molecule has 1 aliphatic heterocycles. The fourth-order valence-electron chi connectivity index (χ4n) is 2.38. The molecule has 1 fully saturated rings. The zero-order valence-electron chi connectivity index (χ0n) is 11.9. The molecule has 1 amide bonds. The number of rotatable bonds is 4. The van der Waals surface area contributed by atoms with Crippen LogP contribution in [0.5, 0.6) is 0 Å². The van der Waals surface area contributed by atoms with Crippen LogP contribution in [-0.2, 0) is 9.59 Å². The number of nitrogens with zero attached hydrogens (tertiary/aromatic N) is 2. The van der Waals surface area contributed by atoms with E-state index in [-0.39, 0.29) is 5.91 Å². The fourth-order valence-corrected chi connectivity index (χ4v) is 2.38. The number of hydrogen-bond donors (Lipinski definition) is 0. The van der Waals surface area contributed by atoms with E-state index in [0.29, 0.717) is 13.1 Å². The topological polar surface area (TPSA) is 61.2 Å². The number of benzene rings is 1. The number of carbonyl (C=O) groups is 2. The maximum absolute atomic E-state index is 12.2. The van der Waals surface area contributed by atoms with Gasteiger partial charge in [0.25, 0.3) is 0 Å². The largest absolute Gasteiger partial charge is 0.341 e. The number of amides is 1. The molecule has 0 saturated carbocycles. The van der Waals surface area contributed by atoms with Crippen molar-refractivity contribution in [3.05, 3.63) is 42.0 Å². The van der Waals surface area contributed by atoms with Crippen LogP contribution in [0, 0.1) is 17.2 Å². The van der Waals surface area contributed by atoms with E-state index in [1.807, 2.05) is 36.4 Å². The van der Waals surface area contributed by atoms with Crippen LogP contribution in [0.4, 0.5) is 0 Å². The highest BCUT2D eigenvalue weighted by Gasteiger charge is 2.29. The van der Waals surface area contributed by atoms with Crippen molar-refractivity contribution in [1.82, 2.24) is 4.90 Å². The SMILES string of the molecule is N#C[C@@H](C(=O)/C=C/c1ccccc1)C(=O)N1CCCCC1. The third-order valence-electron chi connectivity index (χ3n) is 3.57. The maximum atomic E-state index is 12.2. The summed E-state index contributed by atoms with van der Waals surface area (Å²) in [5.41, 5.74) is 0.868. The Hall–Kier alpha value is -2.41. The van der Waals surface area contributed by atoms with Gasteiger partial charge in [0, 0.05) is 13.1 Å². The smallest absolute Gasteiger partial charge is 0.247 e. The summed E-state index contributed by atoms with van der Waals surface area (Å²) < 4.78 is 0. The minimum absolute atomic E-state index is 0.361. The van der Waals surface area contributed by atoms with Gasteiger partial charge in [-0.25, -0.2) is 0 Å². The van der Waals surface area contributed by atoms with Crippen LogP contribution in [0.15, 0.2) is 36.4 Å². The van der Waals surface area contributed by atoms with Gasteiger partial charge >= 0.3 is 0 Å². The monoisotopic (exact) mass is 282 g/mol. The molecule has 1 aliphatic rings. The van der Waals surface area contributed by atoms with Crippen LogP contribution in [0.1, 0.15) is 24.8 Å². The third kappa shape index (κ3) is 4.03. The first-order chi connectivity index (χ1) is 10.2. The van der Waals surface area contributed by atoms with Gasteiger partial charge in [-0.2, -0.15) is 5.26 Å². The van der Waals surface area contributed by atoms with Crippen molar-refractivity contribution in [3.8, 4) is 6.07 Å². The fraction of sp³-hybridized carbons (Fsp3) is 0.353. The lowest BCUT2D eigenvalue weighted by molar-refractivity contribution is -0.138. The Labute approximate surface area is 124 Å². The lowest BCUT2D eigenvalue weighted by Crippen LogP contribution is -2.41. The summed E-state index contributed by atoms with van der Waals surface area (Å²) in [6.07, 6.45) is 5.94. The van der Waals surface area contributed by atoms with Crippen LogP contribution in [0.25, 0.3) is 6.08 Å². The van der Waals surface area contributed by atoms with Crippen LogP contribution in [0.2, 0.25) is 0 Å². The highest BCUT2D eigenvalue weighted by Crippen LogP contribution is 2.14. The summed E-state index contributed by atoms with van der Waals surface area (Å²) in [4.78, 5) is 25.9. The molecule has 1 aromatic rings. The van der Waals surface area contributed by atoms with E-state index in [1.54, 1.807) is 11.0 Å². The molecule has 0 aromatic heterocycles. The predicted octanol–water partition coefficient (Wildman–Crippen LogP) is 2.42. The summed E-state index contributed by atoms with van der Waals surface area (Å²) in [7, 11) is 0. The van der Waals surface area contributed by atoms with Gasteiger partial charge in [0.1, 0.15) is 0 Å². The molecule has 1 atom stereocenters. The second kappa shape index (κ2) is 7.39. The average molecular weight is 282 g/mol. The van der Waals surface area contributed by atoms with Crippen molar-refractivity contribution in [2.45, 2.75) is 19.3 Å². The van der Waals surface area contributed by atoms with Crippen molar-refractivity contribution >= 4 is 17.8 Å². The van der Waals surface area contributed by atoms with Gasteiger partial charge < -0.3 is 4.90 Å². The molecule has 0 N–H and O–H groups in total. The van der Waals surface area contributed by atoms with E-state index in [0.717, 1.165) is 24.8 Å². The number of likely N-dealkylation sites (tertiary alicyclic amines) is 1. The summed E-state index contributed by atoms with van der Waals surface area (Å²) in [6.45, 7) is 1.29. The van der Waals surface area contributed by atoms with Gasteiger partial charge in [0.2, 0.25) is 5.91 Å². The first kappa shape index (κ1) is 15.0. The van der Waals surface area contributed by atoms with Crippen molar-refractivity contribution in [2.75, 3.05) is 13.1 Å². The Morgan fingerprint density at radius 3 is 2.43 bits per heavy atom. The van der Waals surface area contributed by atoms with E-state index >= 15 is 0 Å². The molecule has 0 aliphatic carbocycles. The Morgan fingerprint density at radius 2 is 1.81 bits per heavy atom. The van der Waals surface area contributed by atoms with Gasteiger partial charge in [-0.15, -0.1) is 0 Å². The third-order valence-corrected chi connectivity index (χ3v) is 3.57. The molecule has 4 heteroatoms. The second-order valence-corrected chi connectivity index (χ2v) is 5.09. The summed E-state index contributed by atoms with van der Waals surface area (Å²) >= 11 is 0. The Balaban J connectivity index is 2.03. The number of nitriles is 1. The van der Waals surface area contributed by atoms with Gasteiger partial charge in [-0.05, 0) is 30.9 Å². The zero-order valence-corrected chi connectivity index (χ0v) is 11.9. The lowest BCUT2D eigenvalue weighted by Gasteiger charge is -2.27. The van der Waals surface area contributed by atoms with Gasteiger partial charge in [0.15, 0.2) is 11.7 Å². The lowest BCUT2D eigenvalue weighted by atomic mass is 10.0. The van der Waals surface area contributed by atoms with E-state index in [4.69, 9.17) is 5.26 Å². The van der Waals surface area contributed by atoms with E-state index in [9.17, 15) is 9.59 Å². The van der Waals surface area contributed by atoms with Gasteiger partial charge in [0.05, 0.1) is 6.07 Å². The first-order valence-electron chi connectivity index (χ1n) is 7.18. The molecule has 21 heavy (non-hydrogen) atoms. The predicted molar refractivity (Wildman–Crippen MR) is 80.0 cm³/mol. The number of carbonyl (C=O) groups excluding carboxylic acids is 2. The van der Waals surface area contributed by atoms with E-state index in [2.05, 4.69) is 0 Å². The number of piperidine rings is 1. The van der Waals surface area contributed by atoms with Crippen LogP contribution < -0.4 is 0 Å². The van der Waals surface area contributed by atoms with E-state index in [1.165, 1.54) is 6.08 Å². The average Bonchev–Trinajstić information content (AvgIpc) is 2.55. The van der Waals surface area contributed by atoms with Gasteiger partial charge in [-0.3, -0.25) is 9.59 Å². The first-order valence-corrected chi connectivity index (χ1v) is 7.18. The Bertz CT molecular complexity index is 566. The maximum Gasteiger partial charge on any atom is 0.247 e. The summed E-state index contributed by atoms with van der Waals surface area (Å²) in [5.74, 6) is -2.03. The molecule has 2 rings (SSSR count). The van der Waals surface area contributed by atoms with Crippen LogP contribution in [0.3, 0.4) is 0 Å². The Morgan fingerprint density at radius 1 is 1.14 bits per heavy atom. The van der Waals surface area contributed by atoms with Crippen molar-refractivity contribution in [3.63, 3.8) is 0 Å². The normalized spacial score (nSPS) is 16.4. The molecule has 1 saturated heterocycles. The van der Waals surface area contributed by atoms with Crippen molar-refractivity contribution < 1.29 is 9.59 Å². The van der Waals surface area contributed by atoms with Crippen molar-refractivity contribution in [1.29, 1.82) is 5.26 Å². The summed E-state index contributed by atoms with van der Waals surface area (Å²) in [6, 6.07) is 11.2.